The number of benzene rings is 1. The Hall–Kier alpha value is -1.23. The van der Waals surface area contributed by atoms with Crippen molar-refractivity contribution < 1.29 is 22.7 Å². The molecule has 0 fully saturated rings. The lowest BCUT2D eigenvalue weighted by Gasteiger charge is -2.16. The number of carbonyl (C=O) groups excluding carboxylic acids is 1. The van der Waals surface area contributed by atoms with Crippen molar-refractivity contribution in [2.24, 2.45) is 0 Å². The third-order valence-corrected chi connectivity index (χ3v) is 3.17. The highest BCUT2D eigenvalue weighted by Gasteiger charge is 2.42. The van der Waals surface area contributed by atoms with Gasteiger partial charge in [0.1, 0.15) is 5.75 Å². The van der Waals surface area contributed by atoms with Crippen LogP contribution in [0.3, 0.4) is 0 Å². The van der Waals surface area contributed by atoms with Gasteiger partial charge in [0.05, 0.1) is 12.2 Å². The van der Waals surface area contributed by atoms with Crippen molar-refractivity contribution in [2.45, 2.75) is 33.4 Å². The first kappa shape index (κ1) is 15.8. The standard InChI is InChI=1S/C13H14ClF3O2/c1-4-5-19-9-6-7(2)11(14)8(3)10(9)12(18)13(15,16)17/h6H,4-5H2,1-3H3. The summed E-state index contributed by atoms with van der Waals surface area (Å²) in [6.07, 6.45) is -4.33. The first-order valence-corrected chi connectivity index (χ1v) is 6.12. The molecular formula is C13H14ClF3O2. The van der Waals surface area contributed by atoms with Gasteiger partial charge >= 0.3 is 6.18 Å². The van der Waals surface area contributed by atoms with E-state index in [0.29, 0.717) is 12.0 Å². The molecule has 0 aliphatic heterocycles. The Labute approximate surface area is 114 Å². The largest absolute Gasteiger partial charge is 0.493 e. The normalized spacial score (nSPS) is 11.5. The molecule has 19 heavy (non-hydrogen) atoms. The first-order valence-electron chi connectivity index (χ1n) is 5.74. The summed E-state index contributed by atoms with van der Waals surface area (Å²) in [5.41, 5.74) is 0.163. The van der Waals surface area contributed by atoms with E-state index in [2.05, 4.69) is 0 Å². The second kappa shape index (κ2) is 5.82. The molecule has 0 heterocycles. The smallest absolute Gasteiger partial charge is 0.455 e. The van der Waals surface area contributed by atoms with E-state index in [4.69, 9.17) is 16.3 Å². The van der Waals surface area contributed by atoms with E-state index in [-0.39, 0.29) is 22.9 Å². The first-order chi connectivity index (χ1) is 8.70. The highest BCUT2D eigenvalue weighted by Crippen LogP contribution is 2.35. The van der Waals surface area contributed by atoms with E-state index in [0.717, 1.165) is 0 Å². The molecule has 6 heteroatoms. The lowest BCUT2D eigenvalue weighted by molar-refractivity contribution is -0.0887. The highest BCUT2D eigenvalue weighted by molar-refractivity contribution is 6.32. The molecule has 0 aliphatic carbocycles. The van der Waals surface area contributed by atoms with Crippen LogP contribution < -0.4 is 4.74 Å². The van der Waals surface area contributed by atoms with E-state index in [1.807, 2.05) is 6.92 Å². The molecule has 2 nitrogen and oxygen atoms in total. The Morgan fingerprint density at radius 1 is 1.37 bits per heavy atom. The van der Waals surface area contributed by atoms with Gasteiger partial charge in [0.2, 0.25) is 0 Å². The Morgan fingerprint density at radius 2 is 1.95 bits per heavy atom. The van der Waals surface area contributed by atoms with E-state index in [1.165, 1.54) is 13.0 Å². The Bertz CT molecular complexity index is 496. The maximum atomic E-state index is 12.6. The summed E-state index contributed by atoms with van der Waals surface area (Å²) in [7, 11) is 0. The van der Waals surface area contributed by atoms with E-state index in [9.17, 15) is 18.0 Å². The van der Waals surface area contributed by atoms with E-state index >= 15 is 0 Å². The van der Waals surface area contributed by atoms with Gasteiger partial charge in [-0.3, -0.25) is 4.79 Å². The fraction of sp³-hybridized carbons (Fsp3) is 0.462. The van der Waals surface area contributed by atoms with Crippen molar-refractivity contribution in [1.29, 1.82) is 0 Å². The number of hydrogen-bond acceptors (Lipinski definition) is 2. The van der Waals surface area contributed by atoms with Crippen LogP contribution in [0.25, 0.3) is 0 Å². The van der Waals surface area contributed by atoms with Gasteiger partial charge in [-0.15, -0.1) is 0 Å². The van der Waals surface area contributed by atoms with Crippen molar-refractivity contribution in [3.05, 3.63) is 27.8 Å². The summed E-state index contributed by atoms with van der Waals surface area (Å²) in [6, 6.07) is 1.37. The molecule has 106 valence electrons. The molecule has 0 saturated heterocycles. The van der Waals surface area contributed by atoms with Crippen LogP contribution in [0.2, 0.25) is 5.02 Å². The molecule has 1 rings (SSSR count). The van der Waals surface area contributed by atoms with Gasteiger partial charge in [-0.2, -0.15) is 13.2 Å². The molecule has 0 bridgehead atoms. The van der Waals surface area contributed by atoms with Crippen molar-refractivity contribution in [3.8, 4) is 5.75 Å². The van der Waals surface area contributed by atoms with Gasteiger partial charge in [-0.05, 0) is 37.5 Å². The van der Waals surface area contributed by atoms with Crippen LogP contribution in [0.4, 0.5) is 13.2 Å². The van der Waals surface area contributed by atoms with Crippen molar-refractivity contribution in [1.82, 2.24) is 0 Å². The number of halogens is 4. The lowest BCUT2D eigenvalue weighted by atomic mass is 10.00. The predicted octanol–water partition coefficient (Wildman–Crippen LogP) is 4.49. The van der Waals surface area contributed by atoms with E-state index in [1.54, 1.807) is 6.92 Å². The maximum Gasteiger partial charge on any atom is 0.455 e. The molecule has 0 atom stereocenters. The third-order valence-electron chi connectivity index (χ3n) is 2.59. The fourth-order valence-electron chi connectivity index (χ4n) is 1.67. The quantitative estimate of drug-likeness (QED) is 0.765. The zero-order chi connectivity index (χ0) is 14.8. The van der Waals surface area contributed by atoms with Crippen molar-refractivity contribution in [3.63, 3.8) is 0 Å². The molecule has 0 unspecified atom stereocenters. The second-order valence-electron chi connectivity index (χ2n) is 4.18. The number of Topliss-reactive ketones (excluding diaryl/α,β-unsaturated/α-hetero) is 1. The summed E-state index contributed by atoms with van der Waals surface area (Å²) < 4.78 is 43.0. The molecule has 0 radical (unpaired) electrons. The minimum atomic E-state index is -4.95. The van der Waals surface area contributed by atoms with Crippen LogP contribution >= 0.6 is 11.6 Å². The molecule has 0 saturated carbocycles. The number of ether oxygens (including phenoxy) is 1. The van der Waals surface area contributed by atoms with Crippen molar-refractivity contribution >= 4 is 17.4 Å². The van der Waals surface area contributed by atoms with Crippen LogP contribution in [0.5, 0.6) is 5.75 Å². The van der Waals surface area contributed by atoms with Gasteiger partial charge in [0.15, 0.2) is 0 Å². The van der Waals surface area contributed by atoms with Gasteiger partial charge in [-0.1, -0.05) is 18.5 Å². The van der Waals surface area contributed by atoms with Gasteiger partial charge < -0.3 is 4.74 Å². The van der Waals surface area contributed by atoms with Crippen molar-refractivity contribution in [2.75, 3.05) is 6.61 Å². The molecule has 0 amide bonds. The number of aryl methyl sites for hydroxylation is 1. The van der Waals surface area contributed by atoms with Crippen LogP contribution in [0, 0.1) is 13.8 Å². The molecule has 0 N–H and O–H groups in total. The number of hydrogen-bond donors (Lipinski definition) is 0. The molecular weight excluding hydrogens is 281 g/mol. The number of alkyl halides is 3. The monoisotopic (exact) mass is 294 g/mol. The zero-order valence-electron chi connectivity index (χ0n) is 10.8. The Kier molecular flexibility index (Phi) is 4.85. The predicted molar refractivity (Wildman–Crippen MR) is 67.1 cm³/mol. The van der Waals surface area contributed by atoms with Gasteiger partial charge in [0, 0.05) is 5.02 Å². The zero-order valence-corrected chi connectivity index (χ0v) is 11.6. The Balaban J connectivity index is 3.41. The second-order valence-corrected chi connectivity index (χ2v) is 4.56. The highest BCUT2D eigenvalue weighted by atomic mass is 35.5. The minimum Gasteiger partial charge on any atom is -0.493 e. The van der Waals surface area contributed by atoms with Crippen LogP contribution in [0.1, 0.15) is 34.8 Å². The molecule has 0 aromatic heterocycles. The van der Waals surface area contributed by atoms with Crippen LogP contribution in [0.15, 0.2) is 6.07 Å². The van der Waals surface area contributed by atoms with Gasteiger partial charge in [-0.25, -0.2) is 0 Å². The third kappa shape index (κ3) is 3.41. The molecule has 1 aromatic rings. The summed E-state index contributed by atoms with van der Waals surface area (Å²) in [5, 5.41) is 0.149. The molecule has 1 aromatic carbocycles. The summed E-state index contributed by atoms with van der Waals surface area (Å²) in [4.78, 5) is 11.5. The lowest BCUT2D eigenvalue weighted by Crippen LogP contribution is -2.24. The minimum absolute atomic E-state index is 0.0661. The van der Waals surface area contributed by atoms with Crippen LogP contribution in [-0.2, 0) is 0 Å². The molecule has 0 spiro atoms. The number of ketones is 1. The SMILES string of the molecule is CCCOc1cc(C)c(Cl)c(C)c1C(=O)C(F)(F)F. The number of rotatable bonds is 4. The number of carbonyl (C=O) groups is 1. The summed E-state index contributed by atoms with van der Waals surface area (Å²) in [5.74, 6) is -2.00. The van der Waals surface area contributed by atoms with Gasteiger partial charge in [0.25, 0.3) is 5.78 Å². The molecule has 0 aliphatic rings. The Morgan fingerprint density at radius 3 is 2.42 bits per heavy atom. The van der Waals surface area contributed by atoms with Crippen LogP contribution in [-0.4, -0.2) is 18.6 Å². The fourth-order valence-corrected chi connectivity index (χ4v) is 1.82. The average Bonchev–Trinajstić information content (AvgIpc) is 2.31. The average molecular weight is 295 g/mol. The maximum absolute atomic E-state index is 12.6. The summed E-state index contributed by atoms with van der Waals surface area (Å²) in [6.45, 7) is 5.09. The van der Waals surface area contributed by atoms with E-state index < -0.39 is 17.5 Å². The topological polar surface area (TPSA) is 26.3 Å². The summed E-state index contributed by atoms with van der Waals surface area (Å²) >= 11 is 5.91.